The van der Waals surface area contributed by atoms with Crippen LogP contribution in [0.5, 0.6) is 0 Å². The van der Waals surface area contributed by atoms with Gasteiger partial charge in [-0.25, -0.2) is 19.7 Å². The number of nitrogens with zero attached hydrogens (tertiary/aromatic N) is 5. The number of carbonyl (C=O) groups is 1. The maximum Gasteiger partial charge on any atom is 0.326 e. The number of hydrogen-bond donors (Lipinski definition) is 5. The molecule has 4 heterocycles. The Bertz CT molecular complexity index is 1010. The minimum Gasteiger partial charge on any atom is -0.480 e. The van der Waals surface area contributed by atoms with Crippen molar-refractivity contribution in [3.8, 4) is 0 Å². The van der Waals surface area contributed by atoms with Gasteiger partial charge in [-0.15, -0.1) is 0 Å². The largest absolute Gasteiger partial charge is 0.480 e. The summed E-state index contributed by atoms with van der Waals surface area (Å²) in [5.74, 6) is -0.851. The van der Waals surface area contributed by atoms with Crippen LogP contribution in [0.3, 0.4) is 0 Å². The molecule has 0 bridgehead atoms. The van der Waals surface area contributed by atoms with Gasteiger partial charge < -0.3 is 30.5 Å². The number of imidazole rings is 1. The topological polar surface area (TPSA) is 175 Å². The van der Waals surface area contributed by atoms with Crippen LogP contribution in [0.4, 0.5) is 5.82 Å². The normalized spacial score (nSPS) is 27.1. The fraction of sp³-hybridized carbons (Fsp3) is 0.526. The first kappa shape index (κ1) is 21.3. The number of nitrogens with one attached hydrogen (secondary N) is 1. The Balaban J connectivity index is 1.60. The predicted molar refractivity (Wildman–Crippen MR) is 108 cm³/mol. The lowest BCUT2D eigenvalue weighted by atomic mass is 10.1. The molecule has 2 aliphatic heterocycles. The maximum absolute atomic E-state index is 11.8. The Morgan fingerprint density at radius 3 is 2.84 bits per heavy atom. The van der Waals surface area contributed by atoms with E-state index in [1.54, 1.807) is 6.21 Å². The van der Waals surface area contributed by atoms with Gasteiger partial charge in [0.15, 0.2) is 23.2 Å². The smallest absolute Gasteiger partial charge is 0.326 e. The summed E-state index contributed by atoms with van der Waals surface area (Å²) < 4.78 is 6.95. The van der Waals surface area contributed by atoms with Gasteiger partial charge >= 0.3 is 5.97 Å². The van der Waals surface area contributed by atoms with Crippen molar-refractivity contribution in [2.24, 2.45) is 4.99 Å². The molecule has 0 aliphatic carbocycles. The van der Waals surface area contributed by atoms with Crippen LogP contribution in [0.2, 0.25) is 0 Å². The van der Waals surface area contributed by atoms with Crippen molar-refractivity contribution in [2.45, 2.75) is 56.3 Å². The van der Waals surface area contributed by atoms with Crippen LogP contribution in [0.1, 0.15) is 31.9 Å². The van der Waals surface area contributed by atoms with E-state index in [0.29, 0.717) is 5.70 Å². The van der Waals surface area contributed by atoms with Crippen molar-refractivity contribution in [1.82, 2.24) is 19.5 Å². The van der Waals surface area contributed by atoms with Crippen molar-refractivity contribution >= 4 is 29.2 Å². The quantitative estimate of drug-likeness (QED) is 0.395. The molecule has 0 spiro atoms. The number of ether oxygens (including phenoxy) is 1. The number of aliphatic imine (C=N–C) groups is 1. The molecule has 0 amide bonds. The summed E-state index contributed by atoms with van der Waals surface area (Å²) in [6.07, 6.45) is 4.66. The molecule has 5 atom stereocenters. The van der Waals surface area contributed by atoms with Crippen molar-refractivity contribution in [3.05, 3.63) is 24.4 Å². The van der Waals surface area contributed by atoms with E-state index in [-0.39, 0.29) is 23.4 Å². The van der Waals surface area contributed by atoms with Crippen LogP contribution in [0, 0.1) is 0 Å². The van der Waals surface area contributed by atoms with Crippen LogP contribution in [-0.4, -0.2) is 83.1 Å². The summed E-state index contributed by atoms with van der Waals surface area (Å²) in [5.41, 5.74) is 1.26. The Hall–Kier alpha value is -2.93. The second-order valence-corrected chi connectivity index (χ2v) is 7.45. The first-order valence-corrected chi connectivity index (χ1v) is 10.0. The molecule has 1 saturated heterocycles. The van der Waals surface area contributed by atoms with E-state index in [0.717, 1.165) is 19.3 Å². The van der Waals surface area contributed by atoms with Gasteiger partial charge in [-0.05, 0) is 19.3 Å². The van der Waals surface area contributed by atoms with Gasteiger partial charge in [0.1, 0.15) is 30.7 Å². The third-order valence-electron chi connectivity index (χ3n) is 5.35. The second-order valence-electron chi connectivity index (χ2n) is 7.45. The Labute approximate surface area is 176 Å². The monoisotopic (exact) mass is 432 g/mol. The lowest BCUT2D eigenvalue weighted by Gasteiger charge is -2.17. The van der Waals surface area contributed by atoms with E-state index in [9.17, 15) is 25.2 Å². The van der Waals surface area contributed by atoms with Gasteiger partial charge in [-0.1, -0.05) is 6.08 Å². The molecule has 5 N–H and O–H groups in total. The highest BCUT2D eigenvalue weighted by atomic mass is 16.6. The number of anilines is 1. The second kappa shape index (κ2) is 9.06. The molecule has 12 heteroatoms. The van der Waals surface area contributed by atoms with Crippen molar-refractivity contribution in [2.75, 3.05) is 11.9 Å². The molecule has 5 unspecified atom stereocenters. The highest BCUT2D eigenvalue weighted by molar-refractivity contribution is 5.86. The standard InChI is InChI=1S/C19H24N6O6/c26-7-12-14(27)15(28)18(31-12)25-9-23-13-16(21-8-22-17(13)25)24-11(19(29)30)6-10-4-2-1-3-5-20-10/h4-5,8-9,11-12,14-15,18,26-28H,1-3,6-7H2,(H,29,30)(H,21,22,24). The molecule has 2 aromatic heterocycles. The van der Waals surface area contributed by atoms with E-state index in [4.69, 9.17) is 4.74 Å². The summed E-state index contributed by atoms with van der Waals surface area (Å²) in [6.45, 7) is -0.457. The van der Waals surface area contributed by atoms with Crippen molar-refractivity contribution in [1.29, 1.82) is 0 Å². The number of carboxylic acids is 1. The summed E-state index contributed by atoms with van der Waals surface area (Å²) in [7, 11) is 0. The number of aliphatic hydroxyl groups is 3. The number of allylic oxidation sites excluding steroid dienone is 1. The van der Waals surface area contributed by atoms with E-state index in [2.05, 4.69) is 25.3 Å². The molecule has 0 saturated carbocycles. The number of aromatic nitrogens is 4. The van der Waals surface area contributed by atoms with Gasteiger partial charge in [0.2, 0.25) is 0 Å². The molecule has 1 fully saturated rings. The molecular weight excluding hydrogens is 408 g/mol. The summed E-state index contributed by atoms with van der Waals surface area (Å²) in [6, 6.07) is -0.987. The average Bonchev–Trinajstić information content (AvgIpc) is 3.18. The van der Waals surface area contributed by atoms with Crippen LogP contribution in [-0.2, 0) is 9.53 Å². The Morgan fingerprint density at radius 1 is 1.26 bits per heavy atom. The number of aliphatic hydroxyl groups excluding tert-OH is 3. The van der Waals surface area contributed by atoms with Crippen LogP contribution in [0.15, 0.2) is 29.4 Å². The van der Waals surface area contributed by atoms with Crippen LogP contribution in [0.25, 0.3) is 11.2 Å². The van der Waals surface area contributed by atoms with Crippen molar-refractivity contribution in [3.63, 3.8) is 0 Å². The molecular formula is C19H24N6O6. The Morgan fingerprint density at radius 2 is 2.10 bits per heavy atom. The predicted octanol–water partition coefficient (Wildman–Crippen LogP) is -0.168. The molecule has 31 heavy (non-hydrogen) atoms. The minimum atomic E-state index is -1.30. The molecule has 2 aromatic rings. The number of hydrogen-bond acceptors (Lipinski definition) is 10. The molecule has 0 radical (unpaired) electrons. The molecule has 2 aliphatic rings. The van der Waals surface area contributed by atoms with E-state index in [1.165, 1.54) is 17.2 Å². The lowest BCUT2D eigenvalue weighted by Crippen LogP contribution is -2.33. The number of fused-ring (bicyclic) bond motifs is 1. The zero-order valence-corrected chi connectivity index (χ0v) is 16.6. The zero-order valence-electron chi connectivity index (χ0n) is 16.6. The summed E-state index contributed by atoms with van der Waals surface area (Å²) in [4.78, 5) is 28.7. The summed E-state index contributed by atoms with van der Waals surface area (Å²) in [5, 5.41) is 42.2. The van der Waals surface area contributed by atoms with Gasteiger partial charge in [-0.3, -0.25) is 9.56 Å². The van der Waals surface area contributed by atoms with Crippen LogP contribution < -0.4 is 5.32 Å². The fourth-order valence-corrected chi connectivity index (χ4v) is 3.68. The first-order chi connectivity index (χ1) is 15.0. The molecule has 0 aromatic carbocycles. The Kier molecular flexibility index (Phi) is 6.23. The number of aliphatic carboxylic acids is 1. The minimum absolute atomic E-state index is 0.173. The molecule has 166 valence electrons. The fourth-order valence-electron chi connectivity index (χ4n) is 3.68. The maximum atomic E-state index is 11.8. The van der Waals surface area contributed by atoms with E-state index in [1.807, 2.05) is 6.08 Å². The number of carboxylic acid groups (broad SMARTS) is 1. The lowest BCUT2D eigenvalue weighted by molar-refractivity contribution is -0.137. The average molecular weight is 432 g/mol. The van der Waals surface area contributed by atoms with Gasteiger partial charge in [0.05, 0.1) is 12.9 Å². The van der Waals surface area contributed by atoms with E-state index >= 15 is 0 Å². The van der Waals surface area contributed by atoms with Crippen molar-refractivity contribution < 1.29 is 30.0 Å². The molecule has 4 rings (SSSR count). The highest BCUT2D eigenvalue weighted by Crippen LogP contribution is 2.32. The van der Waals surface area contributed by atoms with E-state index < -0.39 is 43.2 Å². The zero-order chi connectivity index (χ0) is 22.0. The van der Waals surface area contributed by atoms with Gasteiger partial charge in [0, 0.05) is 18.3 Å². The van der Waals surface area contributed by atoms with Crippen LogP contribution >= 0.6 is 0 Å². The molecule has 12 nitrogen and oxygen atoms in total. The summed E-state index contributed by atoms with van der Waals surface area (Å²) >= 11 is 0. The third-order valence-corrected chi connectivity index (χ3v) is 5.35. The highest BCUT2D eigenvalue weighted by Gasteiger charge is 2.44. The van der Waals surface area contributed by atoms with Gasteiger partial charge in [-0.2, -0.15) is 0 Å². The van der Waals surface area contributed by atoms with Gasteiger partial charge in [0.25, 0.3) is 0 Å². The number of rotatable bonds is 7. The first-order valence-electron chi connectivity index (χ1n) is 10.0. The SMILES string of the molecule is O=C(O)C(CC1=CCCCC=N1)Nc1ncnc2c1ncn2C1OC(CO)C(O)C1O. The third kappa shape index (κ3) is 4.28.